The summed E-state index contributed by atoms with van der Waals surface area (Å²) in [6.07, 6.45) is 4.11. The van der Waals surface area contributed by atoms with Crippen molar-refractivity contribution in [2.75, 3.05) is 9.26 Å². The molecule has 0 heterocycles. The van der Waals surface area contributed by atoms with Gasteiger partial charge in [-0.1, -0.05) is 0 Å². The van der Waals surface area contributed by atoms with E-state index in [4.69, 9.17) is 5.73 Å². The van der Waals surface area contributed by atoms with Crippen molar-refractivity contribution < 1.29 is 0 Å². The smallest absolute Gasteiger partial charge is 0.0663 e. The van der Waals surface area contributed by atoms with Gasteiger partial charge in [-0.2, -0.15) is 0 Å². The van der Waals surface area contributed by atoms with Crippen LogP contribution in [0.5, 0.6) is 0 Å². The molecule has 0 spiro atoms. The third kappa shape index (κ3) is 1.08. The Morgan fingerprint density at radius 2 is 1.86 bits per heavy atom. The van der Waals surface area contributed by atoms with Crippen molar-refractivity contribution in [1.82, 2.24) is 0 Å². The zero-order chi connectivity index (χ0) is 9.71. The first-order valence-electron chi connectivity index (χ1n) is 5.09. The second-order valence-electron chi connectivity index (χ2n) is 4.37. The number of hydrogen-bond acceptors (Lipinski definition) is 2. The molecule has 1 saturated carbocycles. The fourth-order valence-corrected chi connectivity index (χ4v) is 3.45. The minimum atomic E-state index is 0.806. The van der Waals surface area contributed by atoms with Gasteiger partial charge in [-0.25, -0.2) is 0 Å². The quantitative estimate of drug-likeness (QED) is 0.474. The lowest BCUT2D eigenvalue weighted by atomic mass is 9.91. The topological polar surface area (TPSA) is 38.0 Å². The summed E-state index contributed by atoms with van der Waals surface area (Å²) in [4.78, 5) is 0. The van der Waals surface area contributed by atoms with E-state index in [1.807, 2.05) is 0 Å². The van der Waals surface area contributed by atoms with Gasteiger partial charge < -0.3 is 9.26 Å². The molecule has 0 aromatic heterocycles. The van der Waals surface area contributed by atoms with Crippen LogP contribution in [-0.4, -0.2) is 0 Å². The third-order valence-electron chi connectivity index (χ3n) is 3.67. The van der Waals surface area contributed by atoms with Gasteiger partial charge in [0.2, 0.25) is 0 Å². The van der Waals surface area contributed by atoms with Crippen molar-refractivity contribution in [2.24, 2.45) is 0 Å². The van der Waals surface area contributed by atoms with Crippen LogP contribution in [0.25, 0.3) is 0 Å². The van der Waals surface area contributed by atoms with Crippen molar-refractivity contribution >= 4 is 34.2 Å². The predicted octanol–water partition coefficient (Wildman–Crippen LogP) is 3.40. The Hall–Kier alpha value is -0.450. The standard InChI is InChI=1S/C11H13IN2/c12-14-11-5-9-7-2-1-6(3-7)8(9)4-10(11)13/h4-7,14H,1-3,13H2. The zero-order valence-electron chi connectivity index (χ0n) is 7.89. The average molecular weight is 300 g/mol. The summed E-state index contributed by atoms with van der Waals surface area (Å²) in [5.41, 5.74) is 11.0. The Morgan fingerprint density at radius 1 is 1.21 bits per heavy atom. The highest BCUT2D eigenvalue weighted by atomic mass is 127. The summed E-state index contributed by atoms with van der Waals surface area (Å²) in [5.74, 6) is 1.62. The summed E-state index contributed by atoms with van der Waals surface area (Å²) in [6, 6.07) is 4.43. The molecule has 3 heteroatoms. The van der Waals surface area contributed by atoms with Crippen LogP contribution < -0.4 is 9.26 Å². The van der Waals surface area contributed by atoms with E-state index in [1.165, 1.54) is 24.8 Å². The maximum atomic E-state index is 5.97. The summed E-state index contributed by atoms with van der Waals surface area (Å²) < 4.78 is 3.13. The lowest BCUT2D eigenvalue weighted by Crippen LogP contribution is -2.01. The minimum Gasteiger partial charge on any atom is -0.397 e. The Labute approximate surface area is 97.8 Å². The van der Waals surface area contributed by atoms with Gasteiger partial charge in [-0.15, -0.1) is 0 Å². The molecule has 1 aromatic rings. The van der Waals surface area contributed by atoms with E-state index in [1.54, 1.807) is 5.56 Å². The first-order valence-corrected chi connectivity index (χ1v) is 6.17. The van der Waals surface area contributed by atoms with Crippen LogP contribution in [0.1, 0.15) is 42.2 Å². The molecule has 2 unspecified atom stereocenters. The number of hydrogen-bond donors (Lipinski definition) is 2. The van der Waals surface area contributed by atoms with Crippen LogP contribution >= 0.6 is 22.9 Å². The van der Waals surface area contributed by atoms with Crippen LogP contribution in [0.3, 0.4) is 0 Å². The van der Waals surface area contributed by atoms with Crippen molar-refractivity contribution in [1.29, 1.82) is 0 Å². The number of nitrogens with one attached hydrogen (secondary N) is 1. The van der Waals surface area contributed by atoms with Gasteiger partial charge in [0.25, 0.3) is 0 Å². The molecule has 1 aromatic carbocycles. The van der Waals surface area contributed by atoms with Crippen molar-refractivity contribution in [3.63, 3.8) is 0 Å². The Balaban J connectivity index is 2.16. The fraction of sp³-hybridized carbons (Fsp3) is 0.455. The number of anilines is 2. The van der Waals surface area contributed by atoms with Gasteiger partial charge in [-0.05, 0) is 54.4 Å². The molecule has 2 nitrogen and oxygen atoms in total. The zero-order valence-corrected chi connectivity index (χ0v) is 10.0. The normalized spacial score (nSPS) is 27.8. The molecule has 0 aliphatic heterocycles. The van der Waals surface area contributed by atoms with Gasteiger partial charge in [0, 0.05) is 0 Å². The van der Waals surface area contributed by atoms with Gasteiger partial charge >= 0.3 is 0 Å². The molecule has 1 fully saturated rings. The summed E-state index contributed by atoms with van der Waals surface area (Å²) in [6.45, 7) is 0. The van der Waals surface area contributed by atoms with E-state index in [0.29, 0.717) is 0 Å². The Morgan fingerprint density at radius 3 is 2.50 bits per heavy atom. The first kappa shape index (κ1) is 8.83. The van der Waals surface area contributed by atoms with Crippen LogP contribution in [0.2, 0.25) is 0 Å². The number of benzene rings is 1. The molecule has 14 heavy (non-hydrogen) atoms. The molecule has 0 radical (unpaired) electrons. The van der Waals surface area contributed by atoms with Gasteiger partial charge in [0.1, 0.15) is 0 Å². The Kier molecular flexibility index (Phi) is 1.90. The average Bonchev–Trinajstić information content (AvgIpc) is 2.77. The molecule has 2 bridgehead atoms. The lowest BCUT2D eigenvalue weighted by Gasteiger charge is -2.17. The van der Waals surface area contributed by atoms with Crippen LogP contribution in [0.4, 0.5) is 11.4 Å². The molecular formula is C11H13IN2. The van der Waals surface area contributed by atoms with E-state index < -0.39 is 0 Å². The SMILES string of the molecule is Nc1cc2c(cc1NI)C1CCC2C1. The predicted molar refractivity (Wildman–Crippen MR) is 67.8 cm³/mol. The maximum Gasteiger partial charge on any atom is 0.0663 e. The number of fused-ring (bicyclic) bond motifs is 5. The number of nitrogens with two attached hydrogens (primary N) is 1. The highest BCUT2D eigenvalue weighted by Gasteiger charge is 2.37. The minimum absolute atomic E-state index is 0.806. The monoisotopic (exact) mass is 300 g/mol. The molecule has 2 aliphatic rings. The number of nitrogen functional groups attached to an aromatic ring is 1. The molecule has 2 atom stereocenters. The second kappa shape index (κ2) is 3.02. The largest absolute Gasteiger partial charge is 0.397 e. The molecule has 2 aliphatic carbocycles. The molecular weight excluding hydrogens is 287 g/mol. The van der Waals surface area contributed by atoms with Crippen molar-refractivity contribution in [2.45, 2.75) is 31.1 Å². The van der Waals surface area contributed by atoms with Gasteiger partial charge in [0.05, 0.1) is 34.2 Å². The van der Waals surface area contributed by atoms with E-state index in [2.05, 4.69) is 38.5 Å². The van der Waals surface area contributed by atoms with Gasteiger partial charge in [-0.3, -0.25) is 0 Å². The van der Waals surface area contributed by atoms with Crippen LogP contribution in [0, 0.1) is 0 Å². The van der Waals surface area contributed by atoms with Crippen LogP contribution in [-0.2, 0) is 0 Å². The van der Waals surface area contributed by atoms with E-state index in [-0.39, 0.29) is 0 Å². The fourth-order valence-electron chi connectivity index (χ4n) is 2.99. The first-order chi connectivity index (χ1) is 6.79. The molecule has 0 saturated heterocycles. The van der Waals surface area contributed by atoms with Gasteiger partial charge in [0.15, 0.2) is 0 Å². The van der Waals surface area contributed by atoms with Crippen molar-refractivity contribution in [3.05, 3.63) is 23.3 Å². The van der Waals surface area contributed by atoms with Crippen molar-refractivity contribution in [3.8, 4) is 0 Å². The second-order valence-corrected chi connectivity index (χ2v) is 4.91. The Bertz CT molecular complexity index is 389. The number of halogens is 1. The summed E-state index contributed by atoms with van der Waals surface area (Å²) >= 11 is 2.14. The molecule has 0 amide bonds. The van der Waals surface area contributed by atoms with E-state index in [9.17, 15) is 0 Å². The third-order valence-corrected chi connectivity index (χ3v) is 4.25. The highest BCUT2D eigenvalue weighted by molar-refractivity contribution is 14.1. The highest BCUT2D eigenvalue weighted by Crippen LogP contribution is 2.54. The lowest BCUT2D eigenvalue weighted by molar-refractivity contribution is 0.718. The molecule has 3 N–H and O–H groups in total. The number of rotatable bonds is 1. The molecule has 74 valence electrons. The van der Waals surface area contributed by atoms with E-state index >= 15 is 0 Å². The van der Waals surface area contributed by atoms with Crippen LogP contribution in [0.15, 0.2) is 12.1 Å². The summed E-state index contributed by atoms with van der Waals surface area (Å²) in [5, 5.41) is 0. The van der Waals surface area contributed by atoms with E-state index in [0.717, 1.165) is 23.2 Å². The molecule has 3 rings (SSSR count). The maximum absolute atomic E-state index is 5.97. The summed E-state index contributed by atoms with van der Waals surface area (Å²) in [7, 11) is 0.